The van der Waals surface area contributed by atoms with Crippen molar-refractivity contribution in [1.82, 2.24) is 0 Å². The van der Waals surface area contributed by atoms with Crippen LogP contribution in [0, 0.1) is 0 Å². The van der Waals surface area contributed by atoms with Crippen LogP contribution in [0.3, 0.4) is 0 Å². The predicted molar refractivity (Wildman–Crippen MR) is 74.2 cm³/mol. The van der Waals surface area contributed by atoms with Crippen molar-refractivity contribution < 1.29 is 5.11 Å². The van der Waals surface area contributed by atoms with Crippen LogP contribution in [0.5, 0.6) is 0 Å². The molecule has 82 valence electrons. The summed E-state index contributed by atoms with van der Waals surface area (Å²) in [5, 5.41) is 8.80. The fraction of sp³-hybridized carbons (Fsp3) is 0.385. The largest absolute Gasteiger partial charge is 0.392 e. The predicted octanol–water partition coefficient (Wildman–Crippen LogP) is 3.75. The van der Waals surface area contributed by atoms with E-state index >= 15 is 0 Å². The second-order valence-corrected chi connectivity index (χ2v) is 5.72. The van der Waals surface area contributed by atoms with E-state index in [0.717, 1.165) is 9.14 Å². The van der Waals surface area contributed by atoms with Gasteiger partial charge in [0.05, 0.1) is 6.61 Å². The van der Waals surface area contributed by atoms with Gasteiger partial charge in [0.1, 0.15) is 0 Å². The first-order chi connectivity index (χ1) is 6.95. The van der Waals surface area contributed by atoms with Crippen LogP contribution in [-0.2, 0) is 5.41 Å². The molecule has 0 saturated heterocycles. The molecule has 1 aromatic rings. The zero-order valence-electron chi connectivity index (χ0n) is 9.42. The van der Waals surface area contributed by atoms with Crippen molar-refractivity contribution in [2.24, 2.45) is 0 Å². The molecular weight excluding hydrogens is 299 g/mol. The lowest BCUT2D eigenvalue weighted by Gasteiger charge is -2.19. The molecule has 0 aromatic heterocycles. The Hall–Kier alpha value is -0.350. The van der Waals surface area contributed by atoms with Crippen LogP contribution in [0.25, 0.3) is 3.58 Å². The molecule has 0 heterocycles. The first-order valence-corrected chi connectivity index (χ1v) is 6.10. The summed E-state index contributed by atoms with van der Waals surface area (Å²) in [4.78, 5) is 0. The first kappa shape index (κ1) is 12.7. The molecule has 0 atom stereocenters. The normalized spacial score (nSPS) is 13.0. The monoisotopic (exact) mass is 316 g/mol. The molecule has 0 aliphatic heterocycles. The van der Waals surface area contributed by atoms with Gasteiger partial charge in [-0.05, 0) is 45.2 Å². The minimum atomic E-state index is 0.0965. The maximum Gasteiger partial charge on any atom is 0.0625 e. The SMILES string of the molecule is CC(C)(C)c1ccc(C(I)=CCO)cc1. The number of aliphatic hydroxyl groups is 1. The summed E-state index contributed by atoms with van der Waals surface area (Å²) in [5.41, 5.74) is 2.70. The first-order valence-electron chi connectivity index (χ1n) is 5.02. The minimum absolute atomic E-state index is 0.0965. The quantitative estimate of drug-likeness (QED) is 0.824. The molecule has 0 bridgehead atoms. The molecule has 0 fully saturated rings. The maximum atomic E-state index is 8.80. The molecule has 0 spiro atoms. The fourth-order valence-corrected chi connectivity index (χ4v) is 1.88. The van der Waals surface area contributed by atoms with Gasteiger partial charge in [-0.3, -0.25) is 0 Å². The highest BCUT2D eigenvalue weighted by Crippen LogP contribution is 2.26. The van der Waals surface area contributed by atoms with Crippen LogP contribution in [0.15, 0.2) is 30.3 Å². The van der Waals surface area contributed by atoms with Gasteiger partial charge in [-0.1, -0.05) is 45.0 Å². The van der Waals surface area contributed by atoms with E-state index in [-0.39, 0.29) is 12.0 Å². The van der Waals surface area contributed by atoms with Gasteiger partial charge in [0.2, 0.25) is 0 Å². The number of halogens is 1. The lowest BCUT2D eigenvalue weighted by molar-refractivity contribution is 0.343. The molecule has 0 radical (unpaired) electrons. The van der Waals surface area contributed by atoms with Crippen molar-refractivity contribution in [2.75, 3.05) is 6.61 Å². The molecule has 0 unspecified atom stereocenters. The van der Waals surface area contributed by atoms with E-state index in [0.29, 0.717) is 0 Å². The van der Waals surface area contributed by atoms with Gasteiger partial charge in [-0.2, -0.15) is 0 Å². The average molecular weight is 316 g/mol. The maximum absolute atomic E-state index is 8.80. The van der Waals surface area contributed by atoms with Crippen LogP contribution < -0.4 is 0 Å². The molecule has 1 N–H and O–H groups in total. The van der Waals surface area contributed by atoms with Crippen molar-refractivity contribution >= 4 is 26.2 Å². The summed E-state index contributed by atoms with van der Waals surface area (Å²) in [7, 11) is 0. The van der Waals surface area contributed by atoms with Crippen LogP contribution in [0.4, 0.5) is 0 Å². The third-order valence-electron chi connectivity index (χ3n) is 2.30. The molecule has 1 rings (SSSR count). The topological polar surface area (TPSA) is 20.2 Å². The number of hydrogen-bond donors (Lipinski definition) is 1. The van der Waals surface area contributed by atoms with Gasteiger partial charge in [-0.25, -0.2) is 0 Å². The van der Waals surface area contributed by atoms with E-state index < -0.39 is 0 Å². The number of aliphatic hydroxyl groups excluding tert-OH is 1. The molecule has 1 aromatic carbocycles. The van der Waals surface area contributed by atoms with Gasteiger partial charge in [0.15, 0.2) is 0 Å². The van der Waals surface area contributed by atoms with Crippen molar-refractivity contribution in [3.05, 3.63) is 41.5 Å². The van der Waals surface area contributed by atoms with Crippen molar-refractivity contribution in [2.45, 2.75) is 26.2 Å². The lowest BCUT2D eigenvalue weighted by atomic mass is 9.87. The van der Waals surface area contributed by atoms with Gasteiger partial charge in [-0.15, -0.1) is 0 Å². The molecule has 2 heteroatoms. The van der Waals surface area contributed by atoms with Gasteiger partial charge in [0.25, 0.3) is 0 Å². The molecule has 0 saturated carbocycles. The Bertz CT molecular complexity index is 344. The van der Waals surface area contributed by atoms with Crippen molar-refractivity contribution in [1.29, 1.82) is 0 Å². The smallest absolute Gasteiger partial charge is 0.0625 e. The highest BCUT2D eigenvalue weighted by molar-refractivity contribution is 14.1. The van der Waals surface area contributed by atoms with Gasteiger partial charge >= 0.3 is 0 Å². The van der Waals surface area contributed by atoms with E-state index in [1.165, 1.54) is 5.56 Å². The van der Waals surface area contributed by atoms with E-state index in [9.17, 15) is 0 Å². The Kier molecular flexibility index (Phi) is 4.34. The third kappa shape index (κ3) is 3.61. The van der Waals surface area contributed by atoms with Gasteiger partial charge in [0, 0.05) is 3.58 Å². The molecule has 15 heavy (non-hydrogen) atoms. The Balaban J connectivity index is 2.96. The van der Waals surface area contributed by atoms with Gasteiger partial charge < -0.3 is 5.11 Å². The molecular formula is C13H17IO. The summed E-state index contributed by atoms with van der Waals surface area (Å²) >= 11 is 2.24. The van der Waals surface area contributed by atoms with Crippen LogP contribution in [0.2, 0.25) is 0 Å². The second-order valence-electron chi connectivity index (χ2n) is 4.56. The Morgan fingerprint density at radius 1 is 1.27 bits per heavy atom. The average Bonchev–Trinajstić information content (AvgIpc) is 2.17. The van der Waals surface area contributed by atoms with Crippen LogP contribution in [-0.4, -0.2) is 11.7 Å². The molecule has 1 nitrogen and oxygen atoms in total. The summed E-state index contributed by atoms with van der Waals surface area (Å²) in [6.07, 6.45) is 1.81. The van der Waals surface area contributed by atoms with Crippen molar-refractivity contribution in [3.63, 3.8) is 0 Å². The number of rotatable bonds is 2. The number of benzene rings is 1. The van der Waals surface area contributed by atoms with Crippen LogP contribution >= 0.6 is 22.6 Å². The minimum Gasteiger partial charge on any atom is -0.392 e. The Morgan fingerprint density at radius 3 is 2.20 bits per heavy atom. The zero-order valence-corrected chi connectivity index (χ0v) is 11.6. The van der Waals surface area contributed by atoms with Crippen molar-refractivity contribution in [3.8, 4) is 0 Å². The molecule has 0 aliphatic rings. The van der Waals surface area contributed by atoms with E-state index in [4.69, 9.17) is 5.11 Å². The third-order valence-corrected chi connectivity index (χ3v) is 3.36. The molecule has 0 aliphatic carbocycles. The number of hydrogen-bond acceptors (Lipinski definition) is 1. The summed E-state index contributed by atoms with van der Waals surface area (Å²) < 4.78 is 1.09. The summed E-state index contributed by atoms with van der Waals surface area (Å²) in [6.45, 7) is 6.71. The Labute approximate surface area is 105 Å². The highest BCUT2D eigenvalue weighted by atomic mass is 127. The Morgan fingerprint density at radius 2 is 1.80 bits per heavy atom. The zero-order chi connectivity index (χ0) is 11.5. The highest BCUT2D eigenvalue weighted by Gasteiger charge is 2.12. The van der Waals surface area contributed by atoms with Crippen LogP contribution in [0.1, 0.15) is 31.9 Å². The summed E-state index contributed by atoms with van der Waals surface area (Å²) in [6, 6.07) is 8.52. The fourth-order valence-electron chi connectivity index (χ4n) is 1.33. The molecule has 0 amide bonds. The van der Waals surface area contributed by atoms with E-state index in [2.05, 4.69) is 67.6 Å². The van der Waals surface area contributed by atoms with E-state index in [1.54, 1.807) is 0 Å². The second kappa shape index (κ2) is 5.12. The summed E-state index contributed by atoms with van der Waals surface area (Å²) in [5.74, 6) is 0. The lowest BCUT2D eigenvalue weighted by Crippen LogP contribution is -2.10. The standard InChI is InChI=1S/C13H17IO/c1-13(2,3)11-6-4-10(5-7-11)12(14)8-9-15/h4-8,15H,9H2,1-3H3. The van der Waals surface area contributed by atoms with E-state index in [1.807, 2.05) is 6.08 Å².